The van der Waals surface area contributed by atoms with Gasteiger partial charge in [-0.2, -0.15) is 0 Å². The van der Waals surface area contributed by atoms with Crippen LogP contribution in [0.5, 0.6) is 0 Å². The van der Waals surface area contributed by atoms with Gasteiger partial charge in [-0.3, -0.25) is 9.59 Å². The molecule has 0 saturated carbocycles. The number of nitrogens with one attached hydrogen (secondary N) is 2. The van der Waals surface area contributed by atoms with Crippen molar-refractivity contribution >= 4 is 23.9 Å². The Hall–Kier alpha value is -3.88. The Balaban J connectivity index is 2.22. The van der Waals surface area contributed by atoms with Gasteiger partial charge < -0.3 is 25.6 Å². The highest BCUT2D eigenvalue weighted by Crippen LogP contribution is 2.15. The molecule has 0 aromatic heterocycles. The SMILES string of the molecule is CCCC(NC(=O)[C@@H](NC(=O)OCc1ccccc1)C(Cc1ccccc1)C(=O)O)C(=O)O. The molecule has 2 unspecified atom stereocenters. The maximum atomic E-state index is 13.0. The number of hydrogen-bond donors (Lipinski definition) is 4. The zero-order chi connectivity index (χ0) is 24.2. The van der Waals surface area contributed by atoms with Crippen molar-refractivity contribution in [2.24, 2.45) is 5.92 Å². The lowest BCUT2D eigenvalue weighted by molar-refractivity contribution is -0.146. The van der Waals surface area contributed by atoms with Gasteiger partial charge in [0.25, 0.3) is 0 Å². The van der Waals surface area contributed by atoms with Crippen molar-refractivity contribution < 1.29 is 34.1 Å². The predicted molar refractivity (Wildman–Crippen MR) is 119 cm³/mol. The van der Waals surface area contributed by atoms with Gasteiger partial charge in [-0.1, -0.05) is 74.0 Å². The summed E-state index contributed by atoms with van der Waals surface area (Å²) in [4.78, 5) is 49.0. The lowest BCUT2D eigenvalue weighted by Gasteiger charge is -2.26. The molecule has 0 aliphatic rings. The van der Waals surface area contributed by atoms with Gasteiger partial charge in [0.1, 0.15) is 18.7 Å². The van der Waals surface area contributed by atoms with Crippen LogP contribution in [0.2, 0.25) is 0 Å². The molecule has 0 saturated heterocycles. The summed E-state index contributed by atoms with van der Waals surface area (Å²) < 4.78 is 5.15. The summed E-state index contributed by atoms with van der Waals surface area (Å²) in [5, 5.41) is 23.9. The normalized spacial score (nSPS) is 13.2. The monoisotopic (exact) mass is 456 g/mol. The standard InChI is InChI=1S/C24H28N2O7/c1-2-9-19(23(30)31)25-21(27)20(18(22(28)29)14-16-10-5-3-6-11-16)26-24(32)33-15-17-12-7-4-8-13-17/h3-8,10-13,18-20H,2,9,14-15H2,1H3,(H,25,27)(H,26,32)(H,28,29)(H,30,31)/t18?,19?,20-/m0/s1. The molecule has 9 nitrogen and oxygen atoms in total. The number of carbonyl (C=O) groups excluding carboxylic acids is 2. The van der Waals surface area contributed by atoms with Crippen LogP contribution in [0.1, 0.15) is 30.9 Å². The molecule has 0 heterocycles. The summed E-state index contributed by atoms with van der Waals surface area (Å²) in [6.45, 7) is 1.68. The molecule has 0 spiro atoms. The van der Waals surface area contributed by atoms with E-state index in [9.17, 15) is 29.4 Å². The highest BCUT2D eigenvalue weighted by Gasteiger charge is 2.37. The Kier molecular flexibility index (Phi) is 9.88. The fraction of sp³-hybridized carbons (Fsp3) is 0.333. The minimum absolute atomic E-state index is 0.0568. The molecule has 9 heteroatoms. The molecule has 2 amide bonds. The van der Waals surface area contributed by atoms with Gasteiger partial charge >= 0.3 is 18.0 Å². The number of aliphatic carboxylic acids is 2. The van der Waals surface area contributed by atoms with E-state index in [4.69, 9.17) is 4.74 Å². The van der Waals surface area contributed by atoms with E-state index in [0.29, 0.717) is 17.5 Å². The second-order valence-electron chi connectivity index (χ2n) is 7.51. The number of ether oxygens (including phenoxy) is 1. The molecular formula is C24H28N2O7. The molecule has 3 atom stereocenters. The number of benzene rings is 2. The van der Waals surface area contributed by atoms with E-state index >= 15 is 0 Å². The van der Waals surface area contributed by atoms with Crippen molar-refractivity contribution in [1.29, 1.82) is 0 Å². The second-order valence-corrected chi connectivity index (χ2v) is 7.51. The van der Waals surface area contributed by atoms with Gasteiger partial charge in [0, 0.05) is 0 Å². The average Bonchev–Trinajstić information content (AvgIpc) is 2.80. The molecular weight excluding hydrogens is 428 g/mol. The number of alkyl carbamates (subject to hydrolysis) is 1. The number of carbonyl (C=O) groups is 4. The van der Waals surface area contributed by atoms with Crippen LogP contribution in [0.4, 0.5) is 4.79 Å². The van der Waals surface area contributed by atoms with E-state index in [-0.39, 0.29) is 19.4 Å². The highest BCUT2D eigenvalue weighted by molar-refractivity contribution is 5.92. The zero-order valence-electron chi connectivity index (χ0n) is 18.3. The maximum Gasteiger partial charge on any atom is 0.408 e. The largest absolute Gasteiger partial charge is 0.481 e. The Morgan fingerprint density at radius 1 is 0.848 bits per heavy atom. The Labute approximate surface area is 191 Å². The molecule has 0 aliphatic heterocycles. The number of amides is 2. The van der Waals surface area contributed by atoms with Crippen molar-refractivity contribution in [3.8, 4) is 0 Å². The second kappa shape index (κ2) is 12.8. The minimum Gasteiger partial charge on any atom is -0.481 e. The highest BCUT2D eigenvalue weighted by atomic mass is 16.5. The number of carboxylic acid groups (broad SMARTS) is 2. The van der Waals surface area contributed by atoms with E-state index in [0.717, 1.165) is 0 Å². The van der Waals surface area contributed by atoms with E-state index in [1.807, 2.05) is 0 Å². The van der Waals surface area contributed by atoms with Gasteiger partial charge in [-0.15, -0.1) is 0 Å². The molecule has 2 aromatic carbocycles. The summed E-state index contributed by atoms with van der Waals surface area (Å²) in [6, 6.07) is 14.7. The quantitative estimate of drug-likeness (QED) is 0.384. The van der Waals surface area contributed by atoms with Crippen molar-refractivity contribution in [3.05, 3.63) is 71.8 Å². The Morgan fingerprint density at radius 3 is 1.94 bits per heavy atom. The first kappa shape index (κ1) is 25.4. The van der Waals surface area contributed by atoms with Crippen molar-refractivity contribution in [3.63, 3.8) is 0 Å². The topological polar surface area (TPSA) is 142 Å². The summed E-state index contributed by atoms with van der Waals surface area (Å²) >= 11 is 0. The molecule has 176 valence electrons. The van der Waals surface area contributed by atoms with Gasteiger partial charge in [0.05, 0.1) is 5.92 Å². The molecule has 0 fully saturated rings. The van der Waals surface area contributed by atoms with Crippen LogP contribution in [-0.2, 0) is 32.1 Å². The molecule has 0 radical (unpaired) electrons. The summed E-state index contributed by atoms with van der Waals surface area (Å²) in [7, 11) is 0. The van der Waals surface area contributed by atoms with Crippen LogP contribution in [0.15, 0.2) is 60.7 Å². The molecule has 4 N–H and O–H groups in total. The smallest absolute Gasteiger partial charge is 0.408 e. The van der Waals surface area contributed by atoms with Crippen LogP contribution >= 0.6 is 0 Å². The van der Waals surface area contributed by atoms with Crippen molar-refractivity contribution in [2.45, 2.75) is 44.9 Å². The van der Waals surface area contributed by atoms with E-state index in [2.05, 4.69) is 10.6 Å². The van der Waals surface area contributed by atoms with Crippen molar-refractivity contribution in [2.75, 3.05) is 0 Å². The molecule has 33 heavy (non-hydrogen) atoms. The Bertz CT molecular complexity index is 934. The average molecular weight is 456 g/mol. The summed E-state index contributed by atoms with van der Waals surface area (Å²) in [5.74, 6) is -4.82. The first-order chi connectivity index (χ1) is 15.8. The Morgan fingerprint density at radius 2 is 1.42 bits per heavy atom. The van der Waals surface area contributed by atoms with Crippen molar-refractivity contribution in [1.82, 2.24) is 10.6 Å². The predicted octanol–water partition coefficient (Wildman–Crippen LogP) is 2.59. The first-order valence-electron chi connectivity index (χ1n) is 10.6. The van der Waals surface area contributed by atoms with Crippen LogP contribution in [0.3, 0.4) is 0 Å². The van der Waals surface area contributed by atoms with Crippen LogP contribution in [0, 0.1) is 5.92 Å². The third kappa shape index (κ3) is 8.29. The lowest BCUT2D eigenvalue weighted by atomic mass is 9.91. The third-order valence-corrected chi connectivity index (χ3v) is 4.98. The fourth-order valence-corrected chi connectivity index (χ4v) is 3.26. The third-order valence-electron chi connectivity index (χ3n) is 4.98. The molecule has 0 bridgehead atoms. The number of hydrogen-bond acceptors (Lipinski definition) is 5. The van der Waals surface area contributed by atoms with Gasteiger partial charge in [-0.25, -0.2) is 9.59 Å². The summed E-state index contributed by atoms with van der Waals surface area (Å²) in [5.41, 5.74) is 1.35. The minimum atomic E-state index is -1.55. The summed E-state index contributed by atoms with van der Waals surface area (Å²) in [6.07, 6.45) is -0.400. The fourth-order valence-electron chi connectivity index (χ4n) is 3.26. The van der Waals surface area contributed by atoms with Crippen LogP contribution in [0.25, 0.3) is 0 Å². The molecule has 0 aliphatic carbocycles. The van der Waals surface area contributed by atoms with E-state index in [1.54, 1.807) is 67.6 Å². The first-order valence-corrected chi connectivity index (χ1v) is 10.6. The van der Waals surface area contributed by atoms with Gasteiger partial charge in [0.2, 0.25) is 5.91 Å². The van der Waals surface area contributed by atoms with Crippen LogP contribution < -0.4 is 10.6 Å². The van der Waals surface area contributed by atoms with Crippen LogP contribution in [-0.4, -0.2) is 46.2 Å². The maximum absolute atomic E-state index is 13.0. The van der Waals surface area contributed by atoms with Gasteiger partial charge in [0.15, 0.2) is 0 Å². The lowest BCUT2D eigenvalue weighted by Crippen LogP contribution is -2.56. The molecule has 2 aromatic rings. The number of rotatable bonds is 12. The van der Waals surface area contributed by atoms with E-state index < -0.39 is 41.9 Å². The number of carboxylic acids is 2. The zero-order valence-corrected chi connectivity index (χ0v) is 18.3. The van der Waals surface area contributed by atoms with E-state index in [1.165, 1.54) is 0 Å². The van der Waals surface area contributed by atoms with Gasteiger partial charge in [-0.05, 0) is 24.0 Å². The molecule has 2 rings (SSSR count).